The third-order valence-electron chi connectivity index (χ3n) is 2.51. The van der Waals surface area contributed by atoms with Gasteiger partial charge in [-0.2, -0.15) is 0 Å². The highest BCUT2D eigenvalue weighted by Crippen LogP contribution is 2.04. The lowest BCUT2D eigenvalue weighted by Crippen LogP contribution is -2.37. The van der Waals surface area contributed by atoms with Gasteiger partial charge in [0, 0.05) is 18.4 Å². The molecule has 3 N–H and O–H groups in total. The highest BCUT2D eigenvalue weighted by molar-refractivity contribution is 7.80. The van der Waals surface area contributed by atoms with Crippen molar-refractivity contribution in [2.24, 2.45) is 11.7 Å². The van der Waals surface area contributed by atoms with Gasteiger partial charge in [-0.1, -0.05) is 25.2 Å². The van der Waals surface area contributed by atoms with E-state index in [2.05, 4.69) is 10.3 Å². The number of rotatable bonds is 5. The summed E-state index contributed by atoms with van der Waals surface area (Å²) >= 11 is 4.84. The first-order valence-corrected chi connectivity index (χ1v) is 5.94. The summed E-state index contributed by atoms with van der Waals surface area (Å²) in [6.45, 7) is 4.25. The van der Waals surface area contributed by atoms with E-state index in [1.54, 1.807) is 6.20 Å². The Bertz CT molecular complexity index is 403. The van der Waals surface area contributed by atoms with Crippen molar-refractivity contribution in [3.8, 4) is 0 Å². The maximum absolute atomic E-state index is 11.8. The van der Waals surface area contributed by atoms with Gasteiger partial charge in [-0.25, -0.2) is 0 Å². The number of carbonyl (C=O) groups is 1. The van der Waals surface area contributed by atoms with Crippen LogP contribution in [0.3, 0.4) is 0 Å². The second-order valence-corrected chi connectivity index (χ2v) is 4.36. The molecular formula is C12H17N3OS. The van der Waals surface area contributed by atoms with Crippen molar-refractivity contribution in [3.63, 3.8) is 0 Å². The van der Waals surface area contributed by atoms with Crippen LogP contribution in [0, 0.1) is 12.8 Å². The largest absolute Gasteiger partial charge is 0.393 e. The minimum absolute atomic E-state index is 0.124. The SMILES string of the molecule is CCC(C(=O)NCc1ccc(C)nc1)C(N)=S. The number of pyridine rings is 1. The monoisotopic (exact) mass is 251 g/mol. The fraction of sp³-hybridized carbons (Fsp3) is 0.417. The summed E-state index contributed by atoms with van der Waals surface area (Å²) in [6, 6.07) is 3.84. The smallest absolute Gasteiger partial charge is 0.230 e. The fourth-order valence-electron chi connectivity index (χ4n) is 1.43. The molecule has 0 saturated carbocycles. The second-order valence-electron chi connectivity index (χ2n) is 3.89. The maximum Gasteiger partial charge on any atom is 0.230 e. The van der Waals surface area contributed by atoms with Gasteiger partial charge in [0.1, 0.15) is 0 Å². The van der Waals surface area contributed by atoms with Gasteiger partial charge in [0.15, 0.2) is 0 Å². The van der Waals surface area contributed by atoms with Gasteiger partial charge in [0.25, 0.3) is 0 Å². The summed E-state index contributed by atoms with van der Waals surface area (Å²) in [5, 5.41) is 2.80. The third kappa shape index (κ3) is 4.11. The van der Waals surface area contributed by atoms with Crippen LogP contribution >= 0.6 is 12.2 Å². The Morgan fingerprint density at radius 3 is 2.76 bits per heavy atom. The molecule has 0 aliphatic rings. The highest BCUT2D eigenvalue weighted by atomic mass is 32.1. The van der Waals surface area contributed by atoms with E-state index in [0.29, 0.717) is 13.0 Å². The fourth-order valence-corrected chi connectivity index (χ4v) is 1.70. The molecular weight excluding hydrogens is 234 g/mol. The highest BCUT2D eigenvalue weighted by Gasteiger charge is 2.18. The summed E-state index contributed by atoms with van der Waals surface area (Å²) < 4.78 is 0. The van der Waals surface area contributed by atoms with Crippen molar-refractivity contribution in [2.45, 2.75) is 26.8 Å². The number of amides is 1. The third-order valence-corrected chi connectivity index (χ3v) is 2.79. The number of aryl methyl sites for hydroxylation is 1. The number of hydrogen-bond acceptors (Lipinski definition) is 3. The van der Waals surface area contributed by atoms with E-state index in [1.165, 1.54) is 0 Å². The van der Waals surface area contributed by atoms with Gasteiger partial charge >= 0.3 is 0 Å². The maximum atomic E-state index is 11.8. The number of aromatic nitrogens is 1. The Morgan fingerprint density at radius 1 is 1.59 bits per heavy atom. The van der Waals surface area contributed by atoms with Crippen LogP contribution in [0.4, 0.5) is 0 Å². The van der Waals surface area contributed by atoms with Crippen molar-refractivity contribution >= 4 is 23.1 Å². The Kier molecular flexibility index (Phi) is 5.03. The first-order chi connectivity index (χ1) is 8.04. The standard InChI is InChI=1S/C12H17N3OS/c1-3-10(11(13)17)12(16)15-7-9-5-4-8(2)14-6-9/h4-6,10H,3,7H2,1-2H3,(H2,13,17)(H,15,16). The van der Waals surface area contributed by atoms with Crippen LogP contribution in [-0.4, -0.2) is 15.9 Å². The molecule has 1 rings (SSSR count). The zero-order valence-electron chi connectivity index (χ0n) is 10.1. The van der Waals surface area contributed by atoms with Crippen LogP contribution in [0.1, 0.15) is 24.6 Å². The first kappa shape index (κ1) is 13.6. The Balaban J connectivity index is 2.53. The molecule has 1 unspecified atom stereocenters. The molecule has 1 atom stereocenters. The normalized spacial score (nSPS) is 11.9. The second kappa shape index (κ2) is 6.30. The molecule has 17 heavy (non-hydrogen) atoms. The minimum atomic E-state index is -0.386. The molecule has 4 nitrogen and oxygen atoms in total. The molecule has 92 valence electrons. The number of nitrogens with one attached hydrogen (secondary N) is 1. The van der Waals surface area contributed by atoms with Crippen LogP contribution in [0.15, 0.2) is 18.3 Å². The van der Waals surface area contributed by atoms with Crippen LogP contribution in [-0.2, 0) is 11.3 Å². The minimum Gasteiger partial charge on any atom is -0.393 e. The van der Waals surface area contributed by atoms with Gasteiger partial charge < -0.3 is 11.1 Å². The van der Waals surface area contributed by atoms with Crippen LogP contribution < -0.4 is 11.1 Å². The van der Waals surface area contributed by atoms with E-state index in [9.17, 15) is 4.79 Å². The molecule has 0 bridgehead atoms. The van der Waals surface area contributed by atoms with Gasteiger partial charge in [-0.15, -0.1) is 0 Å². The number of carbonyl (C=O) groups excluding carboxylic acids is 1. The van der Waals surface area contributed by atoms with E-state index in [-0.39, 0.29) is 16.8 Å². The van der Waals surface area contributed by atoms with E-state index in [4.69, 9.17) is 18.0 Å². The molecule has 0 aliphatic carbocycles. The molecule has 0 spiro atoms. The molecule has 5 heteroatoms. The van der Waals surface area contributed by atoms with Crippen LogP contribution in [0.2, 0.25) is 0 Å². The van der Waals surface area contributed by atoms with Gasteiger partial charge in [-0.3, -0.25) is 9.78 Å². The number of nitrogens with zero attached hydrogens (tertiary/aromatic N) is 1. The molecule has 1 amide bonds. The lowest BCUT2D eigenvalue weighted by Gasteiger charge is -2.13. The van der Waals surface area contributed by atoms with Crippen LogP contribution in [0.25, 0.3) is 0 Å². The quantitative estimate of drug-likeness (QED) is 0.774. The molecule has 0 fully saturated rings. The van der Waals surface area contributed by atoms with Crippen molar-refractivity contribution in [2.75, 3.05) is 0 Å². The number of hydrogen-bond donors (Lipinski definition) is 2. The van der Waals surface area contributed by atoms with Gasteiger partial charge in [-0.05, 0) is 25.0 Å². The van der Waals surface area contributed by atoms with Crippen molar-refractivity contribution in [3.05, 3.63) is 29.6 Å². The van der Waals surface area contributed by atoms with Gasteiger partial charge in [0.05, 0.1) is 10.9 Å². The van der Waals surface area contributed by atoms with Crippen molar-refractivity contribution in [1.29, 1.82) is 0 Å². The van der Waals surface area contributed by atoms with E-state index in [1.807, 2.05) is 26.0 Å². The zero-order valence-corrected chi connectivity index (χ0v) is 10.9. The molecule has 0 aliphatic heterocycles. The van der Waals surface area contributed by atoms with Gasteiger partial charge in [0.2, 0.25) is 5.91 Å². The Morgan fingerprint density at radius 2 is 2.29 bits per heavy atom. The van der Waals surface area contributed by atoms with E-state index < -0.39 is 0 Å². The summed E-state index contributed by atoms with van der Waals surface area (Å²) in [4.78, 5) is 16.2. The predicted molar refractivity (Wildman–Crippen MR) is 71.4 cm³/mol. The van der Waals surface area contributed by atoms with E-state index in [0.717, 1.165) is 11.3 Å². The number of nitrogens with two attached hydrogens (primary N) is 1. The predicted octanol–water partition coefficient (Wildman–Crippen LogP) is 1.32. The van der Waals surface area contributed by atoms with E-state index >= 15 is 0 Å². The topological polar surface area (TPSA) is 68.0 Å². The van der Waals surface area contributed by atoms with Crippen LogP contribution in [0.5, 0.6) is 0 Å². The number of thiocarbonyl (C=S) groups is 1. The van der Waals surface area contributed by atoms with Crippen molar-refractivity contribution in [1.82, 2.24) is 10.3 Å². The summed E-state index contributed by atoms with van der Waals surface area (Å²) in [5.74, 6) is -0.510. The Hall–Kier alpha value is -1.49. The average Bonchev–Trinajstić information content (AvgIpc) is 2.28. The zero-order chi connectivity index (χ0) is 12.8. The molecule has 0 radical (unpaired) electrons. The lowest BCUT2D eigenvalue weighted by molar-refractivity contribution is -0.123. The molecule has 1 aromatic heterocycles. The first-order valence-electron chi connectivity index (χ1n) is 5.53. The molecule has 0 saturated heterocycles. The summed E-state index contributed by atoms with van der Waals surface area (Å²) in [5.41, 5.74) is 7.41. The Labute approximate surface area is 107 Å². The summed E-state index contributed by atoms with van der Waals surface area (Å²) in [7, 11) is 0. The molecule has 1 aromatic rings. The molecule has 1 heterocycles. The molecule has 0 aromatic carbocycles. The van der Waals surface area contributed by atoms with Crippen molar-refractivity contribution < 1.29 is 4.79 Å². The lowest BCUT2D eigenvalue weighted by atomic mass is 10.1. The average molecular weight is 251 g/mol. The summed E-state index contributed by atoms with van der Waals surface area (Å²) in [6.07, 6.45) is 2.37.